The Balaban J connectivity index is 3.36. The lowest BCUT2D eigenvalue weighted by atomic mass is 10.4. The van der Waals surface area contributed by atoms with Crippen LogP contribution in [0.25, 0.3) is 0 Å². The Labute approximate surface area is 52.1 Å². The number of hydrogen-bond acceptors (Lipinski definition) is 2. The second-order valence-electron chi connectivity index (χ2n) is 1.48. The molecule has 0 aromatic heterocycles. The molecule has 0 heterocycles. The molecule has 0 aliphatic carbocycles. The molecule has 2 N–H and O–H groups in total. The topological polar surface area (TPSA) is 35.9 Å². The van der Waals surface area contributed by atoms with Crippen molar-refractivity contribution in [1.82, 2.24) is 5.32 Å². The standard InChI is InChI=1S/C5H8F2N2/c1-4(8)2-3-9-5(6)7/h2-3,5,8-9H,1H3/b3-2-,8-4?. The van der Waals surface area contributed by atoms with E-state index in [0.29, 0.717) is 0 Å². The summed E-state index contributed by atoms with van der Waals surface area (Å²) in [6.07, 6.45) is 2.30. The number of rotatable bonds is 3. The molecule has 0 rings (SSSR count). The Morgan fingerprint density at radius 3 is 2.56 bits per heavy atom. The van der Waals surface area contributed by atoms with Crippen molar-refractivity contribution >= 4 is 5.71 Å². The van der Waals surface area contributed by atoms with Crippen LogP contribution in [0.2, 0.25) is 0 Å². The van der Waals surface area contributed by atoms with Crippen LogP contribution in [0.3, 0.4) is 0 Å². The summed E-state index contributed by atoms with van der Waals surface area (Å²) in [5.74, 6) is 0. The van der Waals surface area contributed by atoms with Crippen LogP contribution < -0.4 is 5.32 Å². The summed E-state index contributed by atoms with van der Waals surface area (Å²) >= 11 is 0. The minimum absolute atomic E-state index is 0.239. The van der Waals surface area contributed by atoms with Gasteiger partial charge in [-0.25, -0.2) is 0 Å². The number of alkyl halides is 2. The average Bonchev–Trinajstić information content (AvgIpc) is 1.63. The lowest BCUT2D eigenvalue weighted by Crippen LogP contribution is -2.12. The summed E-state index contributed by atoms with van der Waals surface area (Å²) in [5, 5.41) is 8.49. The number of hydrogen-bond donors (Lipinski definition) is 2. The molecular formula is C5H8F2N2. The Morgan fingerprint density at radius 1 is 1.67 bits per heavy atom. The Kier molecular flexibility index (Phi) is 3.59. The second kappa shape index (κ2) is 4.00. The van der Waals surface area contributed by atoms with Gasteiger partial charge in [-0.3, -0.25) is 0 Å². The van der Waals surface area contributed by atoms with Crippen molar-refractivity contribution in [3.05, 3.63) is 12.3 Å². The van der Waals surface area contributed by atoms with Gasteiger partial charge >= 0.3 is 6.55 Å². The zero-order valence-corrected chi connectivity index (χ0v) is 4.99. The van der Waals surface area contributed by atoms with Crippen LogP contribution in [0.15, 0.2) is 12.3 Å². The molecule has 0 fully saturated rings. The van der Waals surface area contributed by atoms with Crippen LogP contribution in [-0.2, 0) is 0 Å². The first-order valence-electron chi connectivity index (χ1n) is 2.39. The van der Waals surface area contributed by atoms with E-state index in [0.717, 1.165) is 6.20 Å². The average molecular weight is 134 g/mol. The summed E-state index contributed by atoms with van der Waals surface area (Å²) in [4.78, 5) is 0. The third-order valence-electron chi connectivity index (χ3n) is 0.556. The van der Waals surface area contributed by atoms with Gasteiger partial charge in [0.05, 0.1) is 0 Å². The zero-order chi connectivity index (χ0) is 7.28. The first-order chi connectivity index (χ1) is 4.13. The van der Waals surface area contributed by atoms with Gasteiger partial charge < -0.3 is 10.7 Å². The fourth-order valence-corrected chi connectivity index (χ4v) is 0.246. The van der Waals surface area contributed by atoms with Crippen molar-refractivity contribution in [2.24, 2.45) is 0 Å². The SMILES string of the molecule is CC(=N)/C=C\NC(F)F. The first kappa shape index (κ1) is 8.07. The minimum Gasteiger partial charge on any atom is -0.336 e. The van der Waals surface area contributed by atoms with Gasteiger partial charge in [0.25, 0.3) is 0 Å². The predicted octanol–water partition coefficient (Wildman–Crippen LogP) is 1.35. The fraction of sp³-hybridized carbons (Fsp3) is 0.400. The summed E-state index contributed by atoms with van der Waals surface area (Å²) < 4.78 is 22.5. The molecule has 0 amide bonds. The van der Waals surface area contributed by atoms with Crippen LogP contribution in [0.4, 0.5) is 8.78 Å². The highest BCUT2D eigenvalue weighted by Gasteiger charge is 1.91. The fourth-order valence-electron chi connectivity index (χ4n) is 0.246. The molecule has 0 aromatic rings. The van der Waals surface area contributed by atoms with Crippen molar-refractivity contribution in [3.63, 3.8) is 0 Å². The molecular weight excluding hydrogens is 126 g/mol. The Bertz CT molecular complexity index is 120. The molecule has 4 heteroatoms. The Hall–Kier alpha value is -0.930. The molecule has 0 atom stereocenters. The Morgan fingerprint density at radius 2 is 2.22 bits per heavy atom. The summed E-state index contributed by atoms with van der Waals surface area (Å²) in [5.41, 5.74) is 0.239. The maximum absolute atomic E-state index is 11.3. The van der Waals surface area contributed by atoms with Gasteiger partial charge in [0, 0.05) is 11.9 Å². The third kappa shape index (κ3) is 7.07. The van der Waals surface area contributed by atoms with Crippen LogP contribution in [0.5, 0.6) is 0 Å². The van der Waals surface area contributed by atoms with Gasteiger partial charge in [-0.2, -0.15) is 8.78 Å². The molecule has 0 radical (unpaired) electrons. The van der Waals surface area contributed by atoms with E-state index in [1.165, 1.54) is 13.0 Å². The highest BCUT2D eigenvalue weighted by atomic mass is 19.3. The van der Waals surface area contributed by atoms with E-state index >= 15 is 0 Å². The van der Waals surface area contributed by atoms with E-state index < -0.39 is 6.55 Å². The number of nitrogens with one attached hydrogen (secondary N) is 2. The lowest BCUT2D eigenvalue weighted by molar-refractivity contribution is 0.125. The van der Waals surface area contributed by atoms with E-state index in [4.69, 9.17) is 5.41 Å². The third-order valence-corrected chi connectivity index (χ3v) is 0.556. The molecule has 0 aliphatic rings. The molecule has 52 valence electrons. The van der Waals surface area contributed by atoms with Gasteiger partial charge in [-0.15, -0.1) is 0 Å². The quantitative estimate of drug-likeness (QED) is 0.443. The molecule has 2 nitrogen and oxygen atoms in total. The highest BCUT2D eigenvalue weighted by Crippen LogP contribution is 1.83. The molecule has 0 spiro atoms. The maximum atomic E-state index is 11.3. The van der Waals surface area contributed by atoms with E-state index in [2.05, 4.69) is 0 Å². The predicted molar refractivity (Wildman–Crippen MR) is 31.7 cm³/mol. The molecule has 0 aliphatic heterocycles. The van der Waals surface area contributed by atoms with Crippen LogP contribution in [-0.4, -0.2) is 12.3 Å². The second-order valence-corrected chi connectivity index (χ2v) is 1.48. The summed E-state index contributed by atoms with van der Waals surface area (Å²) in [6, 6.07) is 0. The molecule has 0 unspecified atom stereocenters. The normalized spacial score (nSPS) is 10.7. The van der Waals surface area contributed by atoms with Gasteiger partial charge in [-0.1, -0.05) is 0 Å². The van der Waals surface area contributed by atoms with Crippen molar-refractivity contribution in [2.45, 2.75) is 13.5 Å². The van der Waals surface area contributed by atoms with Crippen molar-refractivity contribution in [2.75, 3.05) is 0 Å². The zero-order valence-electron chi connectivity index (χ0n) is 4.99. The number of halogens is 2. The minimum atomic E-state index is -2.54. The van der Waals surface area contributed by atoms with Crippen LogP contribution in [0, 0.1) is 5.41 Å². The monoisotopic (exact) mass is 134 g/mol. The molecule has 9 heavy (non-hydrogen) atoms. The lowest BCUT2D eigenvalue weighted by Gasteiger charge is -1.93. The van der Waals surface area contributed by atoms with Crippen molar-refractivity contribution < 1.29 is 8.78 Å². The van der Waals surface area contributed by atoms with Gasteiger partial charge in [0.2, 0.25) is 0 Å². The van der Waals surface area contributed by atoms with Crippen LogP contribution >= 0.6 is 0 Å². The van der Waals surface area contributed by atoms with Gasteiger partial charge in [0.15, 0.2) is 0 Å². The molecule has 0 saturated heterocycles. The number of allylic oxidation sites excluding steroid dienone is 1. The molecule has 0 bridgehead atoms. The summed E-state index contributed by atoms with van der Waals surface area (Å²) in [6.45, 7) is -1.04. The van der Waals surface area contributed by atoms with Crippen molar-refractivity contribution in [1.29, 1.82) is 5.41 Å². The molecule has 0 aromatic carbocycles. The van der Waals surface area contributed by atoms with E-state index in [9.17, 15) is 8.78 Å². The first-order valence-corrected chi connectivity index (χ1v) is 2.39. The van der Waals surface area contributed by atoms with Crippen molar-refractivity contribution in [3.8, 4) is 0 Å². The van der Waals surface area contributed by atoms with E-state index in [1.807, 2.05) is 0 Å². The smallest absolute Gasteiger partial charge is 0.312 e. The van der Waals surface area contributed by atoms with Gasteiger partial charge in [-0.05, 0) is 13.0 Å². The van der Waals surface area contributed by atoms with E-state index in [1.54, 1.807) is 5.32 Å². The molecule has 0 saturated carbocycles. The highest BCUT2D eigenvalue weighted by molar-refractivity contribution is 5.89. The summed E-state index contributed by atoms with van der Waals surface area (Å²) in [7, 11) is 0. The maximum Gasteiger partial charge on any atom is 0.312 e. The van der Waals surface area contributed by atoms with E-state index in [-0.39, 0.29) is 5.71 Å². The van der Waals surface area contributed by atoms with Crippen LogP contribution in [0.1, 0.15) is 6.92 Å². The largest absolute Gasteiger partial charge is 0.336 e. The van der Waals surface area contributed by atoms with Gasteiger partial charge in [0.1, 0.15) is 0 Å².